The second-order valence-corrected chi connectivity index (χ2v) is 10.4. The maximum atomic E-state index is 12.6. The van der Waals surface area contributed by atoms with Crippen molar-refractivity contribution in [3.05, 3.63) is 66.1 Å². The maximum absolute atomic E-state index is 12.6. The summed E-state index contributed by atoms with van der Waals surface area (Å²) in [4.78, 5) is 31.7. The Balaban J connectivity index is 1.21. The number of pyridine rings is 1. The standard InChI is InChI=1S/C28H25ClN6O/c29-22-12-25-27(30-13-22)35(15-17-9-10-34(14-17)28(36)20-5-6-20)26(33-25)19-3-1-18(2-4-19)21-7-8-23-24(11-21)32-16-31-23/h1-4,7-8,11-13,16-17,20H,5-6,9-10,14-15H2,(H,31,32)/t17-/m1/s1. The van der Waals surface area contributed by atoms with E-state index >= 15 is 0 Å². The Labute approximate surface area is 213 Å². The van der Waals surface area contributed by atoms with E-state index in [9.17, 15) is 4.79 Å². The molecule has 0 unspecified atom stereocenters. The number of nitrogens with one attached hydrogen (secondary N) is 1. The van der Waals surface area contributed by atoms with Gasteiger partial charge in [0.05, 0.1) is 22.4 Å². The molecule has 2 aliphatic rings. The highest BCUT2D eigenvalue weighted by Crippen LogP contribution is 2.34. The Morgan fingerprint density at radius 1 is 0.972 bits per heavy atom. The molecule has 180 valence electrons. The summed E-state index contributed by atoms with van der Waals surface area (Å²) in [6.45, 7) is 2.42. The van der Waals surface area contributed by atoms with Crippen molar-refractivity contribution in [3.63, 3.8) is 0 Å². The number of rotatable bonds is 5. The molecule has 7 rings (SSSR count). The Bertz CT molecular complexity index is 1600. The molecule has 5 aromatic rings. The van der Waals surface area contributed by atoms with Crippen LogP contribution in [0.3, 0.4) is 0 Å². The second kappa shape index (κ2) is 8.45. The van der Waals surface area contributed by atoms with Gasteiger partial charge in [-0.15, -0.1) is 0 Å². The van der Waals surface area contributed by atoms with E-state index in [0.717, 1.165) is 83.6 Å². The van der Waals surface area contributed by atoms with E-state index in [4.69, 9.17) is 16.6 Å². The summed E-state index contributed by atoms with van der Waals surface area (Å²) in [6, 6.07) is 16.6. The number of nitrogens with zero attached hydrogens (tertiary/aromatic N) is 5. The minimum atomic E-state index is 0.268. The van der Waals surface area contributed by atoms with Crippen LogP contribution in [0.25, 0.3) is 44.7 Å². The average Bonchev–Trinajstić information content (AvgIpc) is 3.30. The molecule has 36 heavy (non-hydrogen) atoms. The zero-order valence-corrected chi connectivity index (χ0v) is 20.4. The molecule has 1 aliphatic carbocycles. The number of carbonyl (C=O) groups excluding carboxylic acids is 1. The average molecular weight is 497 g/mol. The van der Waals surface area contributed by atoms with Crippen LogP contribution in [0.2, 0.25) is 5.02 Å². The molecule has 1 aliphatic heterocycles. The predicted octanol–water partition coefficient (Wildman–Crippen LogP) is 5.55. The number of H-pyrrole nitrogens is 1. The molecule has 2 fully saturated rings. The van der Waals surface area contributed by atoms with E-state index < -0.39 is 0 Å². The zero-order valence-electron chi connectivity index (χ0n) is 19.7. The number of imidazole rings is 2. The van der Waals surface area contributed by atoms with Crippen LogP contribution in [0.4, 0.5) is 0 Å². The second-order valence-electron chi connectivity index (χ2n) is 9.97. The third-order valence-corrected chi connectivity index (χ3v) is 7.62. The van der Waals surface area contributed by atoms with Crippen molar-refractivity contribution >= 4 is 39.7 Å². The summed E-state index contributed by atoms with van der Waals surface area (Å²) in [7, 11) is 0. The van der Waals surface area contributed by atoms with Gasteiger partial charge in [-0.2, -0.15) is 0 Å². The molecule has 1 atom stereocenters. The van der Waals surface area contributed by atoms with Crippen molar-refractivity contribution in [1.29, 1.82) is 0 Å². The van der Waals surface area contributed by atoms with E-state index in [1.165, 1.54) is 0 Å². The molecule has 1 saturated heterocycles. The topological polar surface area (TPSA) is 79.7 Å². The lowest BCUT2D eigenvalue weighted by Gasteiger charge is -2.17. The SMILES string of the molecule is O=C(C1CC1)N1CC[C@@H](Cn2c(-c3ccc(-c4ccc5[nH]cnc5c4)cc3)nc3cc(Cl)cnc32)C1. The quantitative estimate of drug-likeness (QED) is 0.346. The summed E-state index contributed by atoms with van der Waals surface area (Å²) in [5.41, 5.74) is 6.86. The van der Waals surface area contributed by atoms with Gasteiger partial charge in [-0.1, -0.05) is 41.9 Å². The summed E-state index contributed by atoms with van der Waals surface area (Å²) in [6.07, 6.45) is 6.49. The smallest absolute Gasteiger partial charge is 0.225 e. The summed E-state index contributed by atoms with van der Waals surface area (Å²) in [5, 5.41) is 0.574. The first kappa shape index (κ1) is 21.6. The van der Waals surface area contributed by atoms with Crippen molar-refractivity contribution < 1.29 is 4.79 Å². The summed E-state index contributed by atoms with van der Waals surface area (Å²) >= 11 is 6.24. The van der Waals surface area contributed by atoms with Gasteiger partial charge < -0.3 is 14.5 Å². The van der Waals surface area contributed by atoms with Gasteiger partial charge in [0.15, 0.2) is 5.65 Å². The summed E-state index contributed by atoms with van der Waals surface area (Å²) in [5.74, 6) is 1.86. The number of carbonyl (C=O) groups is 1. The molecule has 4 heterocycles. The van der Waals surface area contributed by atoms with Crippen LogP contribution < -0.4 is 0 Å². The number of hydrogen-bond donors (Lipinski definition) is 1. The van der Waals surface area contributed by atoms with Crippen LogP contribution in [0, 0.1) is 11.8 Å². The van der Waals surface area contributed by atoms with Crippen LogP contribution in [0.1, 0.15) is 19.3 Å². The van der Waals surface area contributed by atoms with Gasteiger partial charge in [-0.05, 0) is 54.5 Å². The predicted molar refractivity (Wildman–Crippen MR) is 140 cm³/mol. The van der Waals surface area contributed by atoms with Gasteiger partial charge >= 0.3 is 0 Å². The van der Waals surface area contributed by atoms with E-state index in [-0.39, 0.29) is 5.92 Å². The monoisotopic (exact) mass is 496 g/mol. The van der Waals surface area contributed by atoms with E-state index in [0.29, 0.717) is 16.8 Å². The zero-order chi connectivity index (χ0) is 24.2. The number of aromatic amines is 1. The van der Waals surface area contributed by atoms with E-state index in [1.54, 1.807) is 12.5 Å². The minimum Gasteiger partial charge on any atom is -0.345 e. The molecule has 2 aromatic carbocycles. The first-order chi connectivity index (χ1) is 17.6. The molecule has 0 radical (unpaired) electrons. The number of amides is 1. The number of likely N-dealkylation sites (tertiary alicyclic amines) is 1. The maximum Gasteiger partial charge on any atom is 0.225 e. The lowest BCUT2D eigenvalue weighted by Crippen LogP contribution is -2.30. The molecule has 0 bridgehead atoms. The van der Waals surface area contributed by atoms with Gasteiger partial charge in [0, 0.05) is 37.3 Å². The van der Waals surface area contributed by atoms with Crippen LogP contribution in [-0.2, 0) is 11.3 Å². The highest BCUT2D eigenvalue weighted by Gasteiger charge is 2.36. The van der Waals surface area contributed by atoms with Crippen LogP contribution >= 0.6 is 11.6 Å². The lowest BCUT2D eigenvalue weighted by molar-refractivity contribution is -0.131. The molecule has 1 saturated carbocycles. The fourth-order valence-electron chi connectivity index (χ4n) is 5.33. The third kappa shape index (κ3) is 3.84. The lowest BCUT2D eigenvalue weighted by atomic mass is 10.0. The Hall–Kier alpha value is -3.71. The Kier molecular flexibility index (Phi) is 5.06. The third-order valence-electron chi connectivity index (χ3n) is 7.41. The van der Waals surface area contributed by atoms with Crippen molar-refractivity contribution in [3.8, 4) is 22.5 Å². The van der Waals surface area contributed by atoms with Gasteiger partial charge in [0.1, 0.15) is 11.3 Å². The number of hydrogen-bond acceptors (Lipinski definition) is 4. The summed E-state index contributed by atoms with van der Waals surface area (Å²) < 4.78 is 2.20. The molecular weight excluding hydrogens is 472 g/mol. The first-order valence-corrected chi connectivity index (χ1v) is 12.8. The fourth-order valence-corrected chi connectivity index (χ4v) is 5.48. The molecule has 3 aromatic heterocycles. The van der Waals surface area contributed by atoms with Crippen LogP contribution in [0.15, 0.2) is 61.1 Å². The molecule has 1 amide bonds. The van der Waals surface area contributed by atoms with Crippen molar-refractivity contribution in [2.75, 3.05) is 13.1 Å². The van der Waals surface area contributed by atoms with Crippen molar-refractivity contribution in [1.82, 2.24) is 29.4 Å². The van der Waals surface area contributed by atoms with Crippen LogP contribution in [0.5, 0.6) is 0 Å². The molecule has 0 spiro atoms. The molecule has 8 heteroatoms. The normalized spacial score (nSPS) is 17.9. The number of benzene rings is 2. The Morgan fingerprint density at radius 2 is 1.78 bits per heavy atom. The van der Waals surface area contributed by atoms with Crippen LogP contribution in [-0.4, -0.2) is 48.4 Å². The Morgan fingerprint density at radius 3 is 2.61 bits per heavy atom. The van der Waals surface area contributed by atoms with Crippen molar-refractivity contribution in [2.45, 2.75) is 25.8 Å². The highest BCUT2D eigenvalue weighted by molar-refractivity contribution is 6.31. The molecule has 1 N–H and O–H groups in total. The van der Waals surface area contributed by atoms with Gasteiger partial charge in [0.2, 0.25) is 5.91 Å². The van der Waals surface area contributed by atoms with E-state index in [1.807, 2.05) is 6.07 Å². The van der Waals surface area contributed by atoms with Crippen molar-refractivity contribution in [2.24, 2.45) is 11.8 Å². The number of aromatic nitrogens is 5. The first-order valence-electron chi connectivity index (χ1n) is 12.5. The fraction of sp³-hybridized carbons (Fsp3) is 0.286. The number of halogens is 1. The number of fused-ring (bicyclic) bond motifs is 2. The minimum absolute atomic E-state index is 0.268. The highest BCUT2D eigenvalue weighted by atomic mass is 35.5. The largest absolute Gasteiger partial charge is 0.345 e. The van der Waals surface area contributed by atoms with Gasteiger partial charge in [-0.3, -0.25) is 4.79 Å². The van der Waals surface area contributed by atoms with Gasteiger partial charge in [-0.25, -0.2) is 15.0 Å². The van der Waals surface area contributed by atoms with Gasteiger partial charge in [0.25, 0.3) is 0 Å². The van der Waals surface area contributed by atoms with E-state index in [2.05, 4.69) is 66.9 Å². The molecular formula is C28H25ClN6O. The molecule has 7 nitrogen and oxygen atoms in total.